The fraction of sp³-hybridized carbons (Fsp3) is 0.200. The number of fused-ring (bicyclic) bond motifs is 1. The molecule has 0 saturated carbocycles. The third-order valence-electron chi connectivity index (χ3n) is 2.06. The van der Waals surface area contributed by atoms with E-state index in [9.17, 15) is 4.79 Å². The Morgan fingerprint density at radius 1 is 1.31 bits per heavy atom. The van der Waals surface area contributed by atoms with Crippen LogP contribution in [0.15, 0.2) is 23.1 Å². The maximum atomic E-state index is 11.0. The van der Waals surface area contributed by atoms with E-state index in [-0.39, 0.29) is 5.69 Å². The van der Waals surface area contributed by atoms with Crippen molar-refractivity contribution in [1.82, 2.24) is 9.97 Å². The summed E-state index contributed by atoms with van der Waals surface area (Å²) in [4.78, 5) is 17.4. The van der Waals surface area contributed by atoms with Gasteiger partial charge in [0.15, 0.2) is 0 Å². The van der Waals surface area contributed by atoms with Gasteiger partial charge in [0.2, 0.25) is 0 Å². The summed E-state index contributed by atoms with van der Waals surface area (Å²) in [6.07, 6.45) is 1.61. The smallest absolute Gasteiger partial charge is 0.305 e. The van der Waals surface area contributed by atoms with E-state index in [2.05, 4.69) is 9.97 Å². The predicted molar refractivity (Wildman–Crippen MR) is 51.8 cm³/mol. The van der Waals surface area contributed by atoms with Gasteiger partial charge in [0.05, 0.1) is 5.52 Å². The summed E-state index contributed by atoms with van der Waals surface area (Å²) in [5.41, 5.74) is 2.85. The first-order valence-electron chi connectivity index (χ1n) is 4.13. The minimum atomic E-state index is -0.292. The number of nitrogens with zero attached hydrogens (tertiary/aromatic N) is 1. The summed E-state index contributed by atoms with van der Waals surface area (Å²) in [7, 11) is 0. The Hall–Kier alpha value is -1.64. The van der Waals surface area contributed by atoms with Crippen molar-refractivity contribution < 1.29 is 0 Å². The van der Waals surface area contributed by atoms with Crippen LogP contribution in [-0.4, -0.2) is 9.97 Å². The zero-order valence-electron chi connectivity index (χ0n) is 7.59. The fourth-order valence-corrected chi connectivity index (χ4v) is 1.54. The molecule has 0 unspecified atom stereocenters. The van der Waals surface area contributed by atoms with Crippen LogP contribution in [0, 0.1) is 13.8 Å². The van der Waals surface area contributed by atoms with Crippen molar-refractivity contribution in [3.63, 3.8) is 0 Å². The summed E-state index contributed by atoms with van der Waals surface area (Å²) in [5, 5.41) is 0.983. The molecular weight excluding hydrogens is 164 g/mol. The van der Waals surface area contributed by atoms with Gasteiger partial charge in [-0.3, -0.25) is 0 Å². The topological polar surface area (TPSA) is 45.8 Å². The van der Waals surface area contributed by atoms with E-state index < -0.39 is 0 Å². The van der Waals surface area contributed by atoms with E-state index in [0.717, 1.165) is 16.5 Å². The number of nitrogens with one attached hydrogen (secondary N) is 1. The zero-order valence-corrected chi connectivity index (χ0v) is 7.59. The molecule has 0 spiro atoms. The van der Waals surface area contributed by atoms with Crippen LogP contribution in [0.1, 0.15) is 11.1 Å². The van der Waals surface area contributed by atoms with Gasteiger partial charge >= 0.3 is 5.69 Å². The number of rotatable bonds is 0. The van der Waals surface area contributed by atoms with Crippen molar-refractivity contribution in [1.29, 1.82) is 0 Å². The lowest BCUT2D eigenvalue weighted by Gasteiger charge is -2.02. The second kappa shape index (κ2) is 2.69. The standard InChI is InChI=1S/C10H10N2O/c1-6-3-7(2)9-8(4-6)5-11-10(13)12-9/h3-5H,1-2H3,(H,11,12,13). The Morgan fingerprint density at radius 3 is 2.85 bits per heavy atom. The van der Waals surface area contributed by atoms with Crippen molar-refractivity contribution in [2.45, 2.75) is 13.8 Å². The minimum absolute atomic E-state index is 0.292. The maximum absolute atomic E-state index is 11.0. The van der Waals surface area contributed by atoms with Gasteiger partial charge in [-0.1, -0.05) is 11.6 Å². The van der Waals surface area contributed by atoms with Gasteiger partial charge < -0.3 is 4.98 Å². The predicted octanol–water partition coefficient (Wildman–Crippen LogP) is 1.54. The number of aryl methyl sites for hydroxylation is 2. The highest BCUT2D eigenvalue weighted by Gasteiger charge is 1.99. The van der Waals surface area contributed by atoms with Gasteiger partial charge in [-0.2, -0.15) is 0 Å². The molecule has 3 heteroatoms. The average molecular weight is 174 g/mol. The van der Waals surface area contributed by atoms with Crippen molar-refractivity contribution >= 4 is 10.9 Å². The van der Waals surface area contributed by atoms with Crippen LogP contribution in [0.5, 0.6) is 0 Å². The van der Waals surface area contributed by atoms with Crippen molar-refractivity contribution in [3.05, 3.63) is 39.9 Å². The van der Waals surface area contributed by atoms with Crippen LogP contribution in [0.2, 0.25) is 0 Å². The van der Waals surface area contributed by atoms with E-state index in [1.54, 1.807) is 6.20 Å². The Balaban J connectivity index is 2.95. The van der Waals surface area contributed by atoms with Gasteiger partial charge in [0, 0.05) is 11.6 Å². The zero-order chi connectivity index (χ0) is 9.42. The van der Waals surface area contributed by atoms with Crippen molar-refractivity contribution in [2.75, 3.05) is 0 Å². The minimum Gasteiger partial charge on any atom is -0.305 e. The van der Waals surface area contributed by atoms with Gasteiger partial charge in [0.25, 0.3) is 0 Å². The number of aromatic nitrogens is 2. The first-order valence-corrected chi connectivity index (χ1v) is 4.13. The van der Waals surface area contributed by atoms with Gasteiger partial charge in [-0.25, -0.2) is 9.78 Å². The van der Waals surface area contributed by atoms with E-state index in [1.165, 1.54) is 5.56 Å². The summed E-state index contributed by atoms with van der Waals surface area (Å²) in [6.45, 7) is 4.00. The Morgan fingerprint density at radius 2 is 2.08 bits per heavy atom. The molecule has 1 aromatic heterocycles. The normalized spacial score (nSPS) is 10.6. The van der Waals surface area contributed by atoms with E-state index in [4.69, 9.17) is 0 Å². The lowest BCUT2D eigenvalue weighted by Crippen LogP contribution is -2.09. The molecule has 2 rings (SSSR count). The highest BCUT2D eigenvalue weighted by molar-refractivity contribution is 5.81. The van der Waals surface area contributed by atoms with E-state index in [1.807, 2.05) is 26.0 Å². The quantitative estimate of drug-likeness (QED) is 0.658. The first-order chi connectivity index (χ1) is 6.16. The van der Waals surface area contributed by atoms with Gasteiger partial charge in [0.1, 0.15) is 0 Å². The van der Waals surface area contributed by atoms with Crippen LogP contribution < -0.4 is 5.69 Å². The Kier molecular flexibility index (Phi) is 1.65. The number of aromatic amines is 1. The molecule has 3 nitrogen and oxygen atoms in total. The molecule has 0 fully saturated rings. The highest BCUT2D eigenvalue weighted by Crippen LogP contribution is 2.15. The summed E-state index contributed by atoms with van der Waals surface area (Å²) >= 11 is 0. The number of benzene rings is 1. The number of hydrogen-bond donors (Lipinski definition) is 1. The second-order valence-corrected chi connectivity index (χ2v) is 3.23. The molecule has 0 aliphatic heterocycles. The Labute approximate surface area is 75.4 Å². The third kappa shape index (κ3) is 1.33. The fourth-order valence-electron chi connectivity index (χ4n) is 1.54. The Bertz CT molecular complexity index is 514. The molecular formula is C10H10N2O. The molecule has 0 atom stereocenters. The molecule has 0 radical (unpaired) electrons. The van der Waals surface area contributed by atoms with Crippen molar-refractivity contribution in [3.8, 4) is 0 Å². The highest BCUT2D eigenvalue weighted by atomic mass is 16.1. The SMILES string of the molecule is Cc1cc(C)c2[nH]c(=O)ncc2c1. The molecule has 1 N–H and O–H groups in total. The van der Waals surface area contributed by atoms with Crippen LogP contribution >= 0.6 is 0 Å². The molecule has 0 aliphatic carbocycles. The molecule has 66 valence electrons. The third-order valence-corrected chi connectivity index (χ3v) is 2.06. The molecule has 1 heterocycles. The van der Waals surface area contributed by atoms with E-state index >= 15 is 0 Å². The lowest BCUT2D eigenvalue weighted by molar-refractivity contribution is 1.11. The summed E-state index contributed by atoms with van der Waals surface area (Å²) < 4.78 is 0. The molecule has 1 aromatic carbocycles. The molecule has 0 saturated heterocycles. The first kappa shape index (κ1) is 7.98. The van der Waals surface area contributed by atoms with Crippen LogP contribution in [-0.2, 0) is 0 Å². The monoisotopic (exact) mass is 174 g/mol. The van der Waals surface area contributed by atoms with Crippen LogP contribution in [0.25, 0.3) is 10.9 Å². The second-order valence-electron chi connectivity index (χ2n) is 3.23. The van der Waals surface area contributed by atoms with Crippen molar-refractivity contribution in [2.24, 2.45) is 0 Å². The van der Waals surface area contributed by atoms with Crippen LogP contribution in [0.4, 0.5) is 0 Å². The molecule has 0 amide bonds. The largest absolute Gasteiger partial charge is 0.345 e. The average Bonchev–Trinajstić information content (AvgIpc) is 2.06. The van der Waals surface area contributed by atoms with Crippen LogP contribution in [0.3, 0.4) is 0 Å². The molecule has 13 heavy (non-hydrogen) atoms. The maximum Gasteiger partial charge on any atom is 0.345 e. The molecule has 0 aliphatic rings. The number of H-pyrrole nitrogens is 1. The number of hydrogen-bond acceptors (Lipinski definition) is 2. The summed E-state index contributed by atoms with van der Waals surface area (Å²) in [6, 6.07) is 4.05. The van der Waals surface area contributed by atoms with Gasteiger partial charge in [-0.15, -0.1) is 0 Å². The molecule has 0 bridgehead atoms. The van der Waals surface area contributed by atoms with Gasteiger partial charge in [-0.05, 0) is 25.5 Å². The lowest BCUT2D eigenvalue weighted by atomic mass is 10.1. The van der Waals surface area contributed by atoms with E-state index in [0.29, 0.717) is 0 Å². The molecule has 2 aromatic rings. The summed E-state index contributed by atoms with van der Waals surface area (Å²) in [5.74, 6) is 0.